The van der Waals surface area contributed by atoms with Crippen molar-refractivity contribution in [1.29, 1.82) is 0 Å². The highest BCUT2D eigenvalue weighted by Crippen LogP contribution is 2.36. The summed E-state index contributed by atoms with van der Waals surface area (Å²) in [4.78, 5) is 0. The minimum atomic E-state index is -0.218. The largest absolute Gasteiger partial charge is 0.395 e. The third kappa shape index (κ3) is 3.95. The van der Waals surface area contributed by atoms with Crippen LogP contribution in [-0.4, -0.2) is 30.5 Å². The van der Waals surface area contributed by atoms with E-state index in [0.717, 1.165) is 12.8 Å². The van der Waals surface area contributed by atoms with Gasteiger partial charge in [0.1, 0.15) is 0 Å². The van der Waals surface area contributed by atoms with E-state index in [1.807, 2.05) is 0 Å². The summed E-state index contributed by atoms with van der Waals surface area (Å²) in [7, 11) is 0. The molecule has 1 saturated carbocycles. The van der Waals surface area contributed by atoms with Crippen LogP contribution >= 0.6 is 0 Å². The zero-order valence-corrected chi connectivity index (χ0v) is 9.33. The summed E-state index contributed by atoms with van der Waals surface area (Å²) < 4.78 is 5.64. The van der Waals surface area contributed by atoms with E-state index in [1.165, 1.54) is 12.8 Å². The van der Waals surface area contributed by atoms with E-state index in [0.29, 0.717) is 18.1 Å². The highest BCUT2D eigenvalue weighted by atomic mass is 16.5. The van der Waals surface area contributed by atoms with E-state index in [2.05, 4.69) is 13.8 Å². The van der Waals surface area contributed by atoms with Gasteiger partial charge < -0.3 is 15.6 Å². The summed E-state index contributed by atoms with van der Waals surface area (Å²) in [6.45, 7) is 5.12. The van der Waals surface area contributed by atoms with Gasteiger partial charge in [-0.15, -0.1) is 0 Å². The summed E-state index contributed by atoms with van der Waals surface area (Å²) in [6.07, 6.45) is 5.08. The van der Waals surface area contributed by atoms with E-state index in [1.54, 1.807) is 0 Å². The maximum absolute atomic E-state index is 8.74. The van der Waals surface area contributed by atoms with Gasteiger partial charge in [-0.2, -0.15) is 0 Å². The Bertz CT molecular complexity index is 161. The lowest BCUT2D eigenvalue weighted by Crippen LogP contribution is -2.34. The van der Waals surface area contributed by atoms with Crippen molar-refractivity contribution < 1.29 is 9.84 Å². The standard InChI is InChI=1S/C11H23NO2/c1-11(2)5-3-10(4-6-11)14-8-9(12)7-13/h9-10,13H,3-8,12H2,1-2H3. The lowest BCUT2D eigenvalue weighted by Gasteiger charge is -2.34. The monoisotopic (exact) mass is 201 g/mol. The second-order valence-electron chi connectivity index (χ2n) is 5.14. The fraction of sp³-hybridized carbons (Fsp3) is 1.00. The third-order valence-corrected chi connectivity index (χ3v) is 3.07. The number of aliphatic hydroxyl groups is 1. The van der Waals surface area contributed by atoms with Crippen LogP contribution in [0.3, 0.4) is 0 Å². The summed E-state index contributed by atoms with van der Waals surface area (Å²) in [5, 5.41) is 8.74. The quantitative estimate of drug-likeness (QED) is 0.720. The molecule has 1 unspecified atom stereocenters. The Morgan fingerprint density at radius 1 is 1.43 bits per heavy atom. The molecule has 0 aliphatic heterocycles. The highest BCUT2D eigenvalue weighted by molar-refractivity contribution is 4.79. The van der Waals surface area contributed by atoms with Crippen molar-refractivity contribution in [3.05, 3.63) is 0 Å². The Balaban J connectivity index is 2.16. The minimum absolute atomic E-state index is 0.0121. The summed E-state index contributed by atoms with van der Waals surface area (Å²) in [5.41, 5.74) is 6.05. The molecule has 84 valence electrons. The number of hydrogen-bond acceptors (Lipinski definition) is 3. The molecule has 14 heavy (non-hydrogen) atoms. The number of ether oxygens (including phenoxy) is 1. The van der Waals surface area contributed by atoms with Gasteiger partial charge in [-0.3, -0.25) is 0 Å². The highest BCUT2D eigenvalue weighted by Gasteiger charge is 2.27. The lowest BCUT2D eigenvalue weighted by atomic mass is 9.76. The molecular weight excluding hydrogens is 178 g/mol. The third-order valence-electron chi connectivity index (χ3n) is 3.07. The molecule has 0 bridgehead atoms. The van der Waals surface area contributed by atoms with Gasteiger partial charge in [-0.05, 0) is 31.1 Å². The zero-order chi connectivity index (χ0) is 10.6. The molecule has 1 aliphatic rings. The normalized spacial score (nSPS) is 24.9. The van der Waals surface area contributed by atoms with Crippen LogP contribution in [0, 0.1) is 5.41 Å². The molecule has 3 N–H and O–H groups in total. The first-order chi connectivity index (χ1) is 6.53. The summed E-state index contributed by atoms with van der Waals surface area (Å²) >= 11 is 0. The van der Waals surface area contributed by atoms with Gasteiger partial charge in [0.2, 0.25) is 0 Å². The van der Waals surface area contributed by atoms with E-state index < -0.39 is 0 Å². The molecule has 3 heteroatoms. The van der Waals surface area contributed by atoms with Gasteiger partial charge in [-0.25, -0.2) is 0 Å². The van der Waals surface area contributed by atoms with Crippen molar-refractivity contribution in [3.63, 3.8) is 0 Å². The van der Waals surface area contributed by atoms with Crippen molar-refractivity contribution in [2.45, 2.75) is 51.7 Å². The fourth-order valence-electron chi connectivity index (χ4n) is 1.85. The van der Waals surface area contributed by atoms with E-state index in [9.17, 15) is 0 Å². The van der Waals surface area contributed by atoms with Crippen molar-refractivity contribution in [1.82, 2.24) is 0 Å². The van der Waals surface area contributed by atoms with Crippen LogP contribution < -0.4 is 5.73 Å². The average Bonchev–Trinajstić information content (AvgIpc) is 2.16. The van der Waals surface area contributed by atoms with Crippen LogP contribution in [0.1, 0.15) is 39.5 Å². The Labute approximate surface area is 86.6 Å². The number of rotatable bonds is 4. The van der Waals surface area contributed by atoms with Crippen molar-refractivity contribution in [2.75, 3.05) is 13.2 Å². The van der Waals surface area contributed by atoms with E-state index >= 15 is 0 Å². The summed E-state index contributed by atoms with van der Waals surface area (Å²) in [5.74, 6) is 0. The maximum Gasteiger partial charge on any atom is 0.0643 e. The Morgan fingerprint density at radius 3 is 2.50 bits per heavy atom. The van der Waals surface area contributed by atoms with Crippen molar-refractivity contribution >= 4 is 0 Å². The van der Waals surface area contributed by atoms with Gasteiger partial charge in [0.25, 0.3) is 0 Å². The lowest BCUT2D eigenvalue weighted by molar-refractivity contribution is -0.00699. The Morgan fingerprint density at radius 2 is 2.00 bits per heavy atom. The summed E-state index contributed by atoms with van der Waals surface area (Å²) in [6, 6.07) is -0.218. The zero-order valence-electron chi connectivity index (χ0n) is 9.33. The van der Waals surface area contributed by atoms with Gasteiger partial charge in [0.15, 0.2) is 0 Å². The van der Waals surface area contributed by atoms with Gasteiger partial charge in [0.05, 0.1) is 25.4 Å². The van der Waals surface area contributed by atoms with E-state index in [-0.39, 0.29) is 12.6 Å². The molecule has 1 atom stereocenters. The molecule has 1 aliphatic carbocycles. The van der Waals surface area contributed by atoms with Crippen LogP contribution in [0.2, 0.25) is 0 Å². The van der Waals surface area contributed by atoms with Crippen LogP contribution in [0.4, 0.5) is 0 Å². The fourth-order valence-corrected chi connectivity index (χ4v) is 1.85. The topological polar surface area (TPSA) is 55.5 Å². The van der Waals surface area contributed by atoms with E-state index in [4.69, 9.17) is 15.6 Å². The first-order valence-electron chi connectivity index (χ1n) is 5.51. The molecule has 3 nitrogen and oxygen atoms in total. The van der Waals surface area contributed by atoms with Gasteiger partial charge in [0, 0.05) is 0 Å². The Kier molecular flexibility index (Phi) is 4.35. The average molecular weight is 201 g/mol. The van der Waals surface area contributed by atoms with Crippen LogP contribution in [0.5, 0.6) is 0 Å². The SMILES string of the molecule is CC1(C)CCC(OCC(N)CO)CC1. The number of hydrogen-bond donors (Lipinski definition) is 2. The first-order valence-corrected chi connectivity index (χ1v) is 5.51. The van der Waals surface area contributed by atoms with Crippen LogP contribution in [0.15, 0.2) is 0 Å². The van der Waals surface area contributed by atoms with Crippen LogP contribution in [-0.2, 0) is 4.74 Å². The molecule has 0 saturated heterocycles. The molecule has 1 rings (SSSR count). The van der Waals surface area contributed by atoms with Crippen molar-refractivity contribution in [2.24, 2.45) is 11.1 Å². The first kappa shape index (κ1) is 12.0. The Hall–Kier alpha value is -0.120. The molecule has 0 spiro atoms. The predicted octanol–water partition coefficient (Wildman–Crippen LogP) is 1.29. The second kappa shape index (κ2) is 5.10. The smallest absolute Gasteiger partial charge is 0.0643 e. The minimum Gasteiger partial charge on any atom is -0.395 e. The molecule has 1 fully saturated rings. The van der Waals surface area contributed by atoms with Crippen LogP contribution in [0.25, 0.3) is 0 Å². The van der Waals surface area contributed by atoms with Gasteiger partial charge in [-0.1, -0.05) is 13.8 Å². The number of aliphatic hydroxyl groups excluding tert-OH is 1. The molecular formula is C11H23NO2. The molecule has 0 aromatic rings. The molecule has 0 aromatic carbocycles. The predicted molar refractivity (Wildman–Crippen MR) is 57.1 cm³/mol. The molecule has 0 amide bonds. The second-order valence-corrected chi connectivity index (χ2v) is 5.14. The molecule has 0 aromatic heterocycles. The molecule has 0 radical (unpaired) electrons. The van der Waals surface area contributed by atoms with Gasteiger partial charge >= 0.3 is 0 Å². The maximum atomic E-state index is 8.74. The van der Waals surface area contributed by atoms with Crippen molar-refractivity contribution in [3.8, 4) is 0 Å². The molecule has 0 heterocycles. The number of nitrogens with two attached hydrogens (primary N) is 1.